The highest BCUT2D eigenvalue weighted by atomic mass is 16.6. The SMILES string of the molecule is Cc1cc2c(c(N)c1C)C(=O)O/C2=C/C(=O)OC(C)(C)C. The van der Waals surface area contributed by atoms with E-state index < -0.39 is 17.5 Å². The lowest BCUT2D eigenvalue weighted by Crippen LogP contribution is -2.22. The van der Waals surface area contributed by atoms with Crippen molar-refractivity contribution >= 4 is 23.4 Å². The van der Waals surface area contributed by atoms with Gasteiger partial charge in [-0.3, -0.25) is 0 Å². The second kappa shape index (κ2) is 4.91. The minimum Gasteiger partial charge on any atom is -0.457 e. The van der Waals surface area contributed by atoms with E-state index in [1.54, 1.807) is 26.8 Å². The zero-order valence-electron chi connectivity index (χ0n) is 12.9. The molecule has 0 saturated carbocycles. The number of cyclic esters (lactones) is 1. The molecule has 0 fully saturated rings. The highest BCUT2D eigenvalue weighted by Crippen LogP contribution is 2.36. The molecule has 0 atom stereocenters. The molecule has 1 heterocycles. The maximum atomic E-state index is 11.9. The molecule has 21 heavy (non-hydrogen) atoms. The average Bonchev–Trinajstić information content (AvgIpc) is 2.60. The number of carbonyl (C=O) groups excluding carboxylic acids is 2. The Labute approximate surface area is 123 Å². The molecule has 1 aromatic carbocycles. The van der Waals surface area contributed by atoms with E-state index in [0.717, 1.165) is 11.1 Å². The zero-order chi connectivity index (χ0) is 15.9. The Morgan fingerprint density at radius 3 is 2.52 bits per heavy atom. The van der Waals surface area contributed by atoms with Crippen LogP contribution >= 0.6 is 0 Å². The van der Waals surface area contributed by atoms with E-state index in [0.29, 0.717) is 16.8 Å². The molecule has 0 radical (unpaired) electrons. The monoisotopic (exact) mass is 289 g/mol. The van der Waals surface area contributed by atoms with Crippen LogP contribution in [-0.4, -0.2) is 17.5 Å². The molecule has 2 rings (SSSR count). The summed E-state index contributed by atoms with van der Waals surface area (Å²) >= 11 is 0. The van der Waals surface area contributed by atoms with Crippen LogP contribution < -0.4 is 5.73 Å². The number of anilines is 1. The van der Waals surface area contributed by atoms with Crippen molar-refractivity contribution in [3.63, 3.8) is 0 Å². The van der Waals surface area contributed by atoms with Gasteiger partial charge in [-0.15, -0.1) is 0 Å². The van der Waals surface area contributed by atoms with Crippen molar-refractivity contribution in [2.75, 3.05) is 5.73 Å². The highest BCUT2D eigenvalue weighted by Gasteiger charge is 2.31. The molecule has 0 unspecified atom stereocenters. The normalized spacial score (nSPS) is 15.9. The van der Waals surface area contributed by atoms with Crippen molar-refractivity contribution in [1.29, 1.82) is 0 Å². The zero-order valence-corrected chi connectivity index (χ0v) is 12.9. The van der Waals surface area contributed by atoms with Crippen LogP contribution in [0.4, 0.5) is 5.69 Å². The Bertz CT molecular complexity index is 666. The Kier molecular flexibility index (Phi) is 3.53. The van der Waals surface area contributed by atoms with E-state index in [1.807, 2.05) is 13.8 Å². The largest absolute Gasteiger partial charge is 0.457 e. The molecule has 5 nitrogen and oxygen atoms in total. The molecule has 1 aromatic rings. The first kappa shape index (κ1) is 15.1. The number of hydrogen-bond acceptors (Lipinski definition) is 5. The molecule has 0 spiro atoms. The van der Waals surface area contributed by atoms with Crippen molar-refractivity contribution < 1.29 is 19.1 Å². The fourth-order valence-corrected chi connectivity index (χ4v) is 2.11. The number of carbonyl (C=O) groups is 2. The van der Waals surface area contributed by atoms with Crippen LogP contribution in [-0.2, 0) is 14.3 Å². The third kappa shape index (κ3) is 2.91. The van der Waals surface area contributed by atoms with Crippen LogP contribution in [0.25, 0.3) is 5.76 Å². The van der Waals surface area contributed by atoms with Crippen LogP contribution in [0, 0.1) is 13.8 Å². The summed E-state index contributed by atoms with van der Waals surface area (Å²) in [5.41, 5.74) is 8.37. The number of aryl methyl sites for hydroxylation is 1. The van der Waals surface area contributed by atoms with Gasteiger partial charge in [-0.25, -0.2) is 9.59 Å². The number of nitrogen functional groups attached to an aromatic ring is 1. The summed E-state index contributed by atoms with van der Waals surface area (Å²) in [6, 6.07) is 1.79. The van der Waals surface area contributed by atoms with Gasteiger partial charge in [0.25, 0.3) is 0 Å². The van der Waals surface area contributed by atoms with Crippen LogP contribution in [0.15, 0.2) is 12.1 Å². The topological polar surface area (TPSA) is 78.6 Å². The lowest BCUT2D eigenvalue weighted by Gasteiger charge is -2.18. The number of rotatable bonds is 1. The Morgan fingerprint density at radius 1 is 1.33 bits per heavy atom. The van der Waals surface area contributed by atoms with Gasteiger partial charge in [-0.05, 0) is 51.8 Å². The van der Waals surface area contributed by atoms with Gasteiger partial charge in [0, 0.05) is 5.56 Å². The second-order valence-corrected chi connectivity index (χ2v) is 6.09. The summed E-state index contributed by atoms with van der Waals surface area (Å²) in [7, 11) is 0. The quantitative estimate of drug-likeness (QED) is 0.488. The number of fused-ring (bicyclic) bond motifs is 1. The molecule has 0 bridgehead atoms. The molecule has 112 valence electrons. The van der Waals surface area contributed by atoms with E-state index in [-0.39, 0.29) is 5.76 Å². The first-order chi connectivity index (χ1) is 9.60. The van der Waals surface area contributed by atoms with E-state index in [9.17, 15) is 9.59 Å². The lowest BCUT2D eigenvalue weighted by atomic mass is 9.97. The van der Waals surface area contributed by atoms with E-state index >= 15 is 0 Å². The van der Waals surface area contributed by atoms with E-state index in [4.69, 9.17) is 15.2 Å². The van der Waals surface area contributed by atoms with Gasteiger partial charge in [0.05, 0.1) is 17.3 Å². The summed E-state index contributed by atoms with van der Waals surface area (Å²) in [5, 5.41) is 0. The van der Waals surface area contributed by atoms with E-state index in [2.05, 4.69) is 0 Å². The Morgan fingerprint density at radius 2 is 1.95 bits per heavy atom. The van der Waals surface area contributed by atoms with Crippen molar-refractivity contribution in [3.05, 3.63) is 34.4 Å². The minimum absolute atomic E-state index is 0.180. The van der Waals surface area contributed by atoms with Gasteiger partial charge in [-0.1, -0.05) is 0 Å². The summed E-state index contributed by atoms with van der Waals surface area (Å²) in [6.07, 6.45) is 1.18. The second-order valence-electron chi connectivity index (χ2n) is 6.09. The molecule has 1 aliphatic heterocycles. The predicted molar refractivity (Wildman–Crippen MR) is 79.6 cm³/mol. The molecule has 2 N–H and O–H groups in total. The molecular formula is C16H19NO4. The first-order valence-electron chi connectivity index (χ1n) is 6.67. The molecule has 5 heteroatoms. The van der Waals surface area contributed by atoms with Crippen LogP contribution in [0.2, 0.25) is 0 Å². The minimum atomic E-state index is -0.609. The van der Waals surface area contributed by atoms with Crippen LogP contribution in [0.1, 0.15) is 47.8 Å². The standard InChI is InChI=1S/C16H19NO4/c1-8-6-10-11(7-12(18)21-16(3,4)5)20-15(19)13(10)14(17)9(8)2/h6-7H,17H2,1-5H3/b11-7+. The van der Waals surface area contributed by atoms with E-state index in [1.165, 1.54) is 6.08 Å². The summed E-state index contributed by atoms with van der Waals surface area (Å²) in [6.45, 7) is 9.03. The van der Waals surface area contributed by atoms with Gasteiger partial charge in [-0.2, -0.15) is 0 Å². The number of nitrogens with two attached hydrogens (primary N) is 1. The van der Waals surface area contributed by atoms with Crippen molar-refractivity contribution in [3.8, 4) is 0 Å². The maximum Gasteiger partial charge on any atom is 0.346 e. The molecule has 0 aliphatic carbocycles. The van der Waals surface area contributed by atoms with Crippen molar-refractivity contribution in [2.45, 2.75) is 40.2 Å². The number of esters is 2. The molecule has 1 aliphatic rings. The van der Waals surface area contributed by atoms with Gasteiger partial charge in [0.15, 0.2) is 0 Å². The smallest absolute Gasteiger partial charge is 0.346 e. The average molecular weight is 289 g/mol. The molecule has 0 aromatic heterocycles. The molecule has 0 saturated heterocycles. The van der Waals surface area contributed by atoms with Crippen molar-refractivity contribution in [1.82, 2.24) is 0 Å². The third-order valence-corrected chi connectivity index (χ3v) is 3.22. The number of benzene rings is 1. The van der Waals surface area contributed by atoms with Crippen LogP contribution in [0.3, 0.4) is 0 Å². The molecular weight excluding hydrogens is 270 g/mol. The fourth-order valence-electron chi connectivity index (χ4n) is 2.11. The summed E-state index contributed by atoms with van der Waals surface area (Å²) in [4.78, 5) is 23.8. The van der Waals surface area contributed by atoms with Gasteiger partial charge in [0.2, 0.25) is 0 Å². The lowest BCUT2D eigenvalue weighted by molar-refractivity contribution is -0.148. The van der Waals surface area contributed by atoms with Crippen molar-refractivity contribution in [2.24, 2.45) is 0 Å². The number of hydrogen-bond donors (Lipinski definition) is 1. The fraction of sp³-hybridized carbons (Fsp3) is 0.375. The van der Waals surface area contributed by atoms with Gasteiger partial charge >= 0.3 is 11.9 Å². The van der Waals surface area contributed by atoms with Gasteiger partial charge < -0.3 is 15.2 Å². The third-order valence-electron chi connectivity index (χ3n) is 3.22. The highest BCUT2D eigenvalue weighted by molar-refractivity contribution is 6.10. The Hall–Kier alpha value is -2.30. The summed E-state index contributed by atoms with van der Waals surface area (Å²) < 4.78 is 10.3. The predicted octanol–water partition coefficient (Wildman–Crippen LogP) is 2.74. The number of ether oxygens (including phenoxy) is 2. The van der Waals surface area contributed by atoms with Gasteiger partial charge in [0.1, 0.15) is 11.4 Å². The molecule has 0 amide bonds. The first-order valence-corrected chi connectivity index (χ1v) is 6.67. The summed E-state index contributed by atoms with van der Waals surface area (Å²) in [5.74, 6) is -0.922. The maximum absolute atomic E-state index is 11.9. The van der Waals surface area contributed by atoms with Crippen LogP contribution in [0.5, 0.6) is 0 Å². The Balaban J connectivity index is 2.45.